The first kappa shape index (κ1) is 34.8. The molecule has 2 amide bonds. The Morgan fingerprint density at radius 1 is 0.804 bits per heavy atom. The average Bonchev–Trinajstić information content (AvgIpc) is 3.02. The highest BCUT2D eigenvalue weighted by Crippen LogP contribution is 2.28. The van der Waals surface area contributed by atoms with Crippen LogP contribution in [0, 0.1) is 0 Å². The van der Waals surface area contributed by atoms with E-state index in [0.717, 1.165) is 21.7 Å². The van der Waals surface area contributed by atoms with Gasteiger partial charge < -0.3 is 15.0 Å². The molecule has 0 aliphatic carbocycles. The van der Waals surface area contributed by atoms with Gasteiger partial charge in [0.25, 0.3) is 0 Å². The summed E-state index contributed by atoms with van der Waals surface area (Å²) in [7, 11) is -3.94. The third kappa shape index (κ3) is 9.72. The summed E-state index contributed by atoms with van der Waals surface area (Å²) in [6, 6.07) is 29.2. The minimum absolute atomic E-state index is 0.121. The van der Waals surface area contributed by atoms with Gasteiger partial charge in [-0.1, -0.05) is 89.9 Å². The Morgan fingerprint density at radius 3 is 1.91 bits per heavy atom. The number of hydrogen-bond donors (Lipinski definition) is 1. The molecule has 4 rings (SSSR count). The van der Waals surface area contributed by atoms with Crippen LogP contribution in [-0.4, -0.2) is 50.0 Å². The van der Waals surface area contributed by atoms with Crippen molar-refractivity contribution in [3.63, 3.8) is 0 Å². The summed E-state index contributed by atoms with van der Waals surface area (Å²) in [6.07, 6.45) is 1.21. The Kier molecular flexibility index (Phi) is 12.1. The van der Waals surface area contributed by atoms with Gasteiger partial charge in [-0.05, 0) is 61.4 Å². The van der Waals surface area contributed by atoms with Gasteiger partial charge in [0, 0.05) is 34.6 Å². The number of anilines is 1. The van der Waals surface area contributed by atoms with E-state index in [2.05, 4.69) is 5.32 Å². The van der Waals surface area contributed by atoms with Crippen LogP contribution < -0.4 is 14.4 Å². The zero-order valence-corrected chi connectivity index (χ0v) is 28.2. The second kappa shape index (κ2) is 16.0. The maximum absolute atomic E-state index is 14.3. The summed E-state index contributed by atoms with van der Waals surface area (Å²) in [5, 5.41) is 3.55. The molecule has 0 aromatic heterocycles. The number of ether oxygens (including phenoxy) is 1. The van der Waals surface area contributed by atoms with E-state index in [1.807, 2.05) is 74.5 Å². The van der Waals surface area contributed by atoms with E-state index in [0.29, 0.717) is 28.0 Å². The quantitative estimate of drug-likeness (QED) is 0.164. The van der Waals surface area contributed by atoms with Crippen molar-refractivity contribution in [3.8, 4) is 5.75 Å². The molecule has 0 aliphatic rings. The van der Waals surface area contributed by atoms with Gasteiger partial charge in [-0.15, -0.1) is 0 Å². The molecule has 4 aromatic rings. The van der Waals surface area contributed by atoms with Crippen molar-refractivity contribution in [1.82, 2.24) is 10.2 Å². The fourth-order valence-corrected chi connectivity index (χ4v) is 6.22. The highest BCUT2D eigenvalue weighted by Gasteiger charge is 2.34. The van der Waals surface area contributed by atoms with Crippen molar-refractivity contribution in [1.29, 1.82) is 0 Å². The predicted molar refractivity (Wildman–Crippen MR) is 184 cm³/mol. The molecule has 1 N–H and O–H groups in total. The molecule has 0 unspecified atom stereocenters. The molecule has 0 saturated heterocycles. The van der Waals surface area contributed by atoms with E-state index < -0.39 is 28.5 Å². The molecule has 11 heteroatoms. The van der Waals surface area contributed by atoms with E-state index in [1.165, 1.54) is 4.90 Å². The third-order valence-corrected chi connectivity index (χ3v) is 8.99. The largest absolute Gasteiger partial charge is 0.489 e. The molecule has 0 radical (unpaired) electrons. The summed E-state index contributed by atoms with van der Waals surface area (Å²) in [6.45, 7) is 3.31. The minimum atomic E-state index is -3.94. The van der Waals surface area contributed by atoms with Gasteiger partial charge in [-0.3, -0.25) is 13.9 Å². The highest BCUT2D eigenvalue weighted by molar-refractivity contribution is 7.92. The number of sulfonamides is 1. The van der Waals surface area contributed by atoms with Gasteiger partial charge >= 0.3 is 0 Å². The van der Waals surface area contributed by atoms with Gasteiger partial charge in [0.15, 0.2) is 0 Å². The lowest BCUT2D eigenvalue weighted by Gasteiger charge is -2.34. The second-order valence-electron chi connectivity index (χ2n) is 11.1. The number of hydrogen-bond acceptors (Lipinski definition) is 5. The molecule has 0 aliphatic heterocycles. The Morgan fingerprint density at radius 2 is 1.37 bits per heavy atom. The standard InChI is InChI=1S/C35H37Cl2N3O5S/c1-25(2)38-35(42)33(21-26-11-6-4-7-12-26)39(22-30-31(36)15-10-16-32(30)37)34(41)23-40(46(3,43)44)28-17-19-29(20-18-28)45-24-27-13-8-5-9-14-27/h4-20,25,33H,21-24H2,1-3H3,(H,38,42)/t33-/m1/s1. The van der Waals surface area contributed by atoms with E-state index in [4.69, 9.17) is 27.9 Å². The lowest BCUT2D eigenvalue weighted by Crippen LogP contribution is -2.54. The van der Waals surface area contributed by atoms with E-state index >= 15 is 0 Å². The van der Waals surface area contributed by atoms with E-state index in [9.17, 15) is 18.0 Å². The van der Waals surface area contributed by atoms with Gasteiger partial charge in [0.05, 0.1) is 11.9 Å². The van der Waals surface area contributed by atoms with Crippen molar-refractivity contribution < 1.29 is 22.7 Å². The molecule has 0 bridgehead atoms. The number of rotatable bonds is 14. The second-order valence-corrected chi connectivity index (χ2v) is 13.8. The first-order valence-corrected chi connectivity index (χ1v) is 17.3. The minimum Gasteiger partial charge on any atom is -0.489 e. The number of benzene rings is 4. The summed E-state index contributed by atoms with van der Waals surface area (Å²) in [4.78, 5) is 29.3. The molecule has 4 aromatic carbocycles. The molecule has 242 valence electrons. The van der Waals surface area contributed by atoms with Crippen LogP contribution in [0.3, 0.4) is 0 Å². The van der Waals surface area contributed by atoms with E-state index in [-0.39, 0.29) is 30.6 Å². The molecular formula is C35H37Cl2N3O5S. The summed E-state index contributed by atoms with van der Waals surface area (Å²) >= 11 is 13.0. The number of amides is 2. The van der Waals surface area contributed by atoms with Gasteiger partial charge in [0.1, 0.15) is 24.9 Å². The zero-order valence-electron chi connectivity index (χ0n) is 25.9. The Balaban J connectivity index is 1.67. The predicted octanol–water partition coefficient (Wildman–Crippen LogP) is 6.50. The van der Waals surface area contributed by atoms with Crippen LogP contribution in [-0.2, 0) is 39.2 Å². The van der Waals surface area contributed by atoms with E-state index in [1.54, 1.807) is 42.5 Å². The number of halogens is 2. The van der Waals surface area contributed by atoms with Crippen molar-refractivity contribution in [2.75, 3.05) is 17.1 Å². The van der Waals surface area contributed by atoms with Crippen LogP contribution in [0.4, 0.5) is 5.69 Å². The fourth-order valence-electron chi connectivity index (χ4n) is 4.85. The lowest BCUT2D eigenvalue weighted by atomic mass is 10.0. The highest BCUT2D eigenvalue weighted by atomic mass is 35.5. The van der Waals surface area contributed by atoms with Crippen LogP contribution in [0.15, 0.2) is 103 Å². The van der Waals surface area contributed by atoms with Crippen LogP contribution in [0.5, 0.6) is 5.75 Å². The third-order valence-electron chi connectivity index (χ3n) is 7.14. The van der Waals surface area contributed by atoms with Crippen molar-refractivity contribution in [2.45, 2.75) is 45.5 Å². The molecule has 8 nitrogen and oxygen atoms in total. The van der Waals surface area contributed by atoms with Gasteiger partial charge in [0.2, 0.25) is 21.8 Å². The summed E-state index contributed by atoms with van der Waals surface area (Å²) in [5.74, 6) is -0.456. The van der Waals surface area contributed by atoms with Crippen LogP contribution in [0.25, 0.3) is 0 Å². The van der Waals surface area contributed by atoms with Gasteiger partial charge in [-0.25, -0.2) is 8.42 Å². The smallest absolute Gasteiger partial charge is 0.244 e. The topological polar surface area (TPSA) is 96.0 Å². The van der Waals surface area contributed by atoms with Crippen LogP contribution >= 0.6 is 23.2 Å². The number of nitrogens with zero attached hydrogens (tertiary/aromatic N) is 2. The molecule has 1 atom stereocenters. The van der Waals surface area contributed by atoms with Gasteiger partial charge in [-0.2, -0.15) is 0 Å². The molecule has 0 saturated carbocycles. The molecule has 0 fully saturated rings. The maximum Gasteiger partial charge on any atom is 0.244 e. The SMILES string of the molecule is CC(C)NC(=O)[C@@H](Cc1ccccc1)N(Cc1c(Cl)cccc1Cl)C(=O)CN(c1ccc(OCc2ccccc2)cc1)S(C)(=O)=O. The Bertz CT molecular complexity index is 1700. The van der Waals surface area contributed by atoms with Crippen LogP contribution in [0.2, 0.25) is 10.0 Å². The Labute approximate surface area is 280 Å². The monoisotopic (exact) mass is 681 g/mol. The van der Waals surface area contributed by atoms with Crippen LogP contribution in [0.1, 0.15) is 30.5 Å². The first-order valence-electron chi connectivity index (χ1n) is 14.7. The number of carbonyl (C=O) groups excluding carboxylic acids is 2. The lowest BCUT2D eigenvalue weighted by molar-refractivity contribution is -0.140. The number of nitrogens with one attached hydrogen (secondary N) is 1. The molecule has 46 heavy (non-hydrogen) atoms. The van der Waals surface area contributed by atoms with Crippen molar-refractivity contribution in [2.24, 2.45) is 0 Å². The molecular weight excluding hydrogens is 645 g/mol. The number of carbonyl (C=O) groups is 2. The van der Waals surface area contributed by atoms with Crippen molar-refractivity contribution in [3.05, 3.63) is 130 Å². The normalized spacial score (nSPS) is 12.0. The molecule has 0 spiro atoms. The maximum atomic E-state index is 14.3. The first-order chi connectivity index (χ1) is 21.9. The summed E-state index contributed by atoms with van der Waals surface area (Å²) in [5.41, 5.74) is 2.52. The van der Waals surface area contributed by atoms with Crippen molar-refractivity contribution >= 4 is 50.7 Å². The zero-order chi connectivity index (χ0) is 33.3. The summed E-state index contributed by atoms with van der Waals surface area (Å²) < 4.78 is 33.1. The molecule has 0 heterocycles. The fraction of sp³-hybridized carbons (Fsp3) is 0.257. The average molecular weight is 683 g/mol. The Hall–Kier alpha value is -4.05.